The van der Waals surface area contributed by atoms with Gasteiger partial charge >= 0.3 is 5.97 Å². The zero-order valence-corrected chi connectivity index (χ0v) is 11.1. The highest BCUT2D eigenvalue weighted by Crippen LogP contribution is 2.29. The number of benzene rings is 1. The molecule has 0 aliphatic heterocycles. The molecular weight excluding hydrogens is 295 g/mol. The van der Waals surface area contributed by atoms with Crippen LogP contribution in [0.1, 0.15) is 19.8 Å². The smallest absolute Gasteiger partial charge is 0.344 e. The lowest BCUT2D eigenvalue weighted by Gasteiger charge is -2.15. The Morgan fingerprint density at radius 1 is 1.62 bits per heavy atom. The van der Waals surface area contributed by atoms with Gasteiger partial charge in [-0.2, -0.15) is 0 Å². The number of rotatable bonds is 5. The second-order valence-corrected chi connectivity index (χ2v) is 4.63. The van der Waals surface area contributed by atoms with Gasteiger partial charge in [-0.3, -0.25) is 0 Å². The maximum absolute atomic E-state index is 10.9. The number of ether oxygens (including phenoxy) is 1. The van der Waals surface area contributed by atoms with E-state index in [4.69, 9.17) is 21.4 Å². The molecular formula is C11H12BrClO3. The van der Waals surface area contributed by atoms with Gasteiger partial charge in [-0.15, -0.1) is 0 Å². The van der Waals surface area contributed by atoms with Crippen LogP contribution in [0, 0.1) is 0 Å². The second kappa shape index (κ2) is 6.11. The maximum atomic E-state index is 10.9. The standard InChI is InChI=1S/C11H12BrClO3/c1-2-3-10(11(14)15)16-9-5-4-7(12)6-8(9)13/h4-6,10H,2-3H2,1H3,(H,14,15). The van der Waals surface area contributed by atoms with Gasteiger partial charge in [0.25, 0.3) is 0 Å². The highest BCUT2D eigenvalue weighted by Gasteiger charge is 2.19. The van der Waals surface area contributed by atoms with Crippen LogP contribution < -0.4 is 4.74 Å². The number of aliphatic carboxylic acids is 1. The molecule has 1 rings (SSSR count). The monoisotopic (exact) mass is 306 g/mol. The SMILES string of the molecule is CCCC(Oc1ccc(Br)cc1Cl)C(=O)O. The lowest BCUT2D eigenvalue weighted by Crippen LogP contribution is -2.26. The average Bonchev–Trinajstić information content (AvgIpc) is 2.20. The van der Waals surface area contributed by atoms with Gasteiger partial charge in [0.15, 0.2) is 6.10 Å². The largest absolute Gasteiger partial charge is 0.479 e. The maximum Gasteiger partial charge on any atom is 0.344 e. The van der Waals surface area contributed by atoms with E-state index in [9.17, 15) is 4.79 Å². The van der Waals surface area contributed by atoms with Crippen LogP contribution in [0.3, 0.4) is 0 Å². The molecule has 16 heavy (non-hydrogen) atoms. The van der Waals surface area contributed by atoms with Crippen molar-refractivity contribution in [2.45, 2.75) is 25.9 Å². The molecule has 0 amide bonds. The molecule has 5 heteroatoms. The predicted molar refractivity (Wildman–Crippen MR) is 66.1 cm³/mol. The van der Waals surface area contributed by atoms with Crippen LogP contribution in [0.25, 0.3) is 0 Å². The summed E-state index contributed by atoms with van der Waals surface area (Å²) in [6.07, 6.45) is 0.357. The highest BCUT2D eigenvalue weighted by molar-refractivity contribution is 9.10. The predicted octanol–water partition coefficient (Wildman–Crippen LogP) is 3.73. The van der Waals surface area contributed by atoms with Crippen molar-refractivity contribution in [2.24, 2.45) is 0 Å². The van der Waals surface area contributed by atoms with Gasteiger partial charge in [-0.25, -0.2) is 4.79 Å². The molecule has 1 atom stereocenters. The Morgan fingerprint density at radius 2 is 2.31 bits per heavy atom. The fourth-order valence-electron chi connectivity index (χ4n) is 1.22. The van der Waals surface area contributed by atoms with E-state index < -0.39 is 12.1 Å². The molecule has 1 aromatic rings. The Labute approximate surface area is 107 Å². The molecule has 0 aromatic heterocycles. The zero-order chi connectivity index (χ0) is 12.1. The van der Waals surface area contributed by atoms with Gasteiger partial charge in [-0.1, -0.05) is 40.9 Å². The van der Waals surface area contributed by atoms with E-state index in [2.05, 4.69) is 15.9 Å². The summed E-state index contributed by atoms with van der Waals surface area (Å²) >= 11 is 9.20. The number of carboxylic acid groups (broad SMARTS) is 1. The van der Waals surface area contributed by atoms with E-state index in [0.29, 0.717) is 17.2 Å². The van der Waals surface area contributed by atoms with E-state index in [-0.39, 0.29) is 0 Å². The minimum absolute atomic E-state index is 0.394. The first-order valence-electron chi connectivity index (χ1n) is 4.89. The Bertz CT molecular complexity index is 381. The molecule has 88 valence electrons. The number of carbonyl (C=O) groups is 1. The summed E-state index contributed by atoms with van der Waals surface area (Å²) in [5.41, 5.74) is 0. The number of hydrogen-bond donors (Lipinski definition) is 1. The number of hydrogen-bond acceptors (Lipinski definition) is 2. The molecule has 1 aromatic carbocycles. The summed E-state index contributed by atoms with van der Waals surface area (Å²) in [5, 5.41) is 9.33. The molecule has 0 fully saturated rings. The minimum Gasteiger partial charge on any atom is -0.479 e. The topological polar surface area (TPSA) is 46.5 Å². The lowest BCUT2D eigenvalue weighted by atomic mass is 10.2. The summed E-state index contributed by atoms with van der Waals surface area (Å²) in [4.78, 5) is 10.9. The summed E-state index contributed by atoms with van der Waals surface area (Å²) < 4.78 is 6.18. The Hall–Kier alpha value is -0.740. The first-order chi connectivity index (χ1) is 7.54. The van der Waals surface area contributed by atoms with E-state index in [1.165, 1.54) is 0 Å². The molecule has 0 heterocycles. The van der Waals surface area contributed by atoms with E-state index >= 15 is 0 Å². The Kier molecular flexibility index (Phi) is 5.09. The molecule has 1 N–H and O–H groups in total. The van der Waals surface area contributed by atoms with Crippen LogP contribution in [0.2, 0.25) is 5.02 Å². The van der Waals surface area contributed by atoms with Gasteiger partial charge in [0.05, 0.1) is 5.02 Å². The van der Waals surface area contributed by atoms with Crippen molar-refractivity contribution in [1.29, 1.82) is 0 Å². The molecule has 0 bridgehead atoms. The third-order valence-corrected chi connectivity index (χ3v) is 2.78. The fraction of sp³-hybridized carbons (Fsp3) is 0.364. The summed E-state index contributed by atoms with van der Waals surface area (Å²) in [5.74, 6) is -0.577. The van der Waals surface area contributed by atoms with Crippen molar-refractivity contribution in [1.82, 2.24) is 0 Å². The van der Waals surface area contributed by atoms with Crippen molar-refractivity contribution in [3.8, 4) is 5.75 Å². The first-order valence-corrected chi connectivity index (χ1v) is 6.06. The van der Waals surface area contributed by atoms with Crippen molar-refractivity contribution in [2.75, 3.05) is 0 Å². The highest BCUT2D eigenvalue weighted by atomic mass is 79.9. The van der Waals surface area contributed by atoms with E-state index in [1.807, 2.05) is 6.92 Å². The zero-order valence-electron chi connectivity index (χ0n) is 8.74. The van der Waals surface area contributed by atoms with Crippen molar-refractivity contribution in [3.05, 3.63) is 27.7 Å². The molecule has 3 nitrogen and oxygen atoms in total. The average molecular weight is 308 g/mol. The lowest BCUT2D eigenvalue weighted by molar-refractivity contribution is -0.145. The van der Waals surface area contributed by atoms with Crippen LogP contribution in [0.15, 0.2) is 22.7 Å². The van der Waals surface area contributed by atoms with Gasteiger partial charge in [0.1, 0.15) is 5.75 Å². The van der Waals surface area contributed by atoms with Crippen LogP contribution in [-0.2, 0) is 4.79 Å². The van der Waals surface area contributed by atoms with Crippen LogP contribution >= 0.6 is 27.5 Å². The van der Waals surface area contributed by atoms with E-state index in [1.54, 1.807) is 18.2 Å². The summed E-state index contributed by atoms with van der Waals surface area (Å²) in [6.45, 7) is 1.91. The molecule has 0 saturated heterocycles. The second-order valence-electron chi connectivity index (χ2n) is 3.31. The van der Waals surface area contributed by atoms with Crippen LogP contribution in [0.4, 0.5) is 0 Å². The van der Waals surface area contributed by atoms with Crippen LogP contribution in [0.5, 0.6) is 5.75 Å². The summed E-state index contributed by atoms with van der Waals surface area (Å²) in [6, 6.07) is 5.08. The molecule has 0 radical (unpaired) electrons. The normalized spacial score (nSPS) is 12.2. The summed E-state index contributed by atoms with van der Waals surface area (Å²) in [7, 11) is 0. The van der Waals surface area contributed by atoms with Crippen LogP contribution in [-0.4, -0.2) is 17.2 Å². The quantitative estimate of drug-likeness (QED) is 0.901. The first kappa shape index (κ1) is 13.3. The third kappa shape index (κ3) is 3.68. The van der Waals surface area contributed by atoms with Crippen molar-refractivity contribution in [3.63, 3.8) is 0 Å². The molecule has 0 spiro atoms. The van der Waals surface area contributed by atoms with Gasteiger partial charge < -0.3 is 9.84 Å². The molecule has 0 saturated carbocycles. The van der Waals surface area contributed by atoms with Crippen molar-refractivity contribution >= 4 is 33.5 Å². The Balaban J connectivity index is 2.81. The molecule has 0 aliphatic rings. The third-order valence-electron chi connectivity index (χ3n) is 1.99. The fourth-order valence-corrected chi connectivity index (χ4v) is 1.94. The Morgan fingerprint density at radius 3 is 2.81 bits per heavy atom. The number of carboxylic acids is 1. The van der Waals surface area contributed by atoms with Gasteiger partial charge in [-0.05, 0) is 24.6 Å². The van der Waals surface area contributed by atoms with E-state index in [0.717, 1.165) is 10.9 Å². The van der Waals surface area contributed by atoms with Gasteiger partial charge in [0.2, 0.25) is 0 Å². The van der Waals surface area contributed by atoms with Crippen molar-refractivity contribution < 1.29 is 14.6 Å². The number of halogens is 2. The molecule has 1 unspecified atom stereocenters. The molecule has 0 aliphatic carbocycles. The minimum atomic E-state index is -0.971. The van der Waals surface area contributed by atoms with Gasteiger partial charge in [0, 0.05) is 4.47 Å².